The highest BCUT2D eigenvalue weighted by molar-refractivity contribution is 5.90. The molecule has 1 aliphatic carbocycles. The topological polar surface area (TPSA) is 92.4 Å². The summed E-state index contributed by atoms with van der Waals surface area (Å²) in [6.45, 7) is 0.264. The van der Waals surface area contributed by atoms with Crippen LogP contribution < -0.4 is 11.1 Å². The van der Waals surface area contributed by atoms with Crippen molar-refractivity contribution in [3.8, 4) is 0 Å². The van der Waals surface area contributed by atoms with Crippen LogP contribution in [0, 0.1) is 5.41 Å². The summed E-state index contributed by atoms with van der Waals surface area (Å²) in [5.74, 6) is -1.33. The first kappa shape index (κ1) is 12.6. The van der Waals surface area contributed by atoms with Crippen LogP contribution in [0.1, 0.15) is 24.4 Å². The Labute approximate surface area is 105 Å². The second-order valence-electron chi connectivity index (χ2n) is 4.64. The standard InChI is InChI=1S/C13H16N2O3/c14-8-13(6-7-13)12(18)15-10(11(16)17)9-4-2-1-3-5-9/h1-5,10H,6-8,14H2,(H,15,18)(H,16,17)/t10-/m0/s1. The lowest BCUT2D eigenvalue weighted by atomic mass is 10.0. The molecule has 1 fully saturated rings. The first-order valence-electron chi connectivity index (χ1n) is 5.88. The molecule has 5 heteroatoms. The molecule has 1 atom stereocenters. The fourth-order valence-corrected chi connectivity index (χ4v) is 1.89. The molecule has 2 rings (SSSR count). The number of benzene rings is 1. The van der Waals surface area contributed by atoms with Gasteiger partial charge in [-0.1, -0.05) is 30.3 Å². The molecule has 1 aromatic carbocycles. The number of carbonyl (C=O) groups excluding carboxylic acids is 1. The van der Waals surface area contributed by atoms with E-state index in [1.807, 2.05) is 0 Å². The molecular weight excluding hydrogens is 232 g/mol. The number of amides is 1. The molecule has 0 aliphatic heterocycles. The summed E-state index contributed by atoms with van der Waals surface area (Å²) in [5.41, 5.74) is 5.57. The van der Waals surface area contributed by atoms with E-state index in [1.54, 1.807) is 30.3 Å². The lowest BCUT2D eigenvalue weighted by molar-refractivity contribution is -0.142. The number of rotatable bonds is 5. The van der Waals surface area contributed by atoms with Gasteiger partial charge in [-0.3, -0.25) is 4.79 Å². The van der Waals surface area contributed by atoms with Crippen LogP contribution in [0.5, 0.6) is 0 Å². The number of nitrogens with two attached hydrogens (primary N) is 1. The predicted octanol–water partition coefficient (Wildman–Crippen LogP) is 0.667. The molecule has 0 unspecified atom stereocenters. The highest BCUT2D eigenvalue weighted by Crippen LogP contribution is 2.45. The normalized spacial score (nSPS) is 17.8. The molecule has 18 heavy (non-hydrogen) atoms. The largest absolute Gasteiger partial charge is 0.479 e. The first-order valence-corrected chi connectivity index (χ1v) is 5.88. The van der Waals surface area contributed by atoms with Gasteiger partial charge in [0.2, 0.25) is 5.91 Å². The van der Waals surface area contributed by atoms with Gasteiger partial charge in [0, 0.05) is 6.54 Å². The summed E-state index contributed by atoms with van der Waals surface area (Å²) in [6.07, 6.45) is 1.47. The van der Waals surface area contributed by atoms with Gasteiger partial charge in [0.1, 0.15) is 0 Å². The molecule has 4 N–H and O–H groups in total. The van der Waals surface area contributed by atoms with Gasteiger partial charge in [-0.2, -0.15) is 0 Å². The highest BCUT2D eigenvalue weighted by atomic mass is 16.4. The average molecular weight is 248 g/mol. The maximum Gasteiger partial charge on any atom is 0.330 e. The Hall–Kier alpha value is -1.88. The van der Waals surface area contributed by atoms with E-state index in [4.69, 9.17) is 5.73 Å². The summed E-state index contributed by atoms with van der Waals surface area (Å²) >= 11 is 0. The number of aliphatic carboxylic acids is 1. The van der Waals surface area contributed by atoms with Crippen molar-refractivity contribution in [2.75, 3.05) is 6.54 Å². The third-order valence-electron chi connectivity index (χ3n) is 3.38. The van der Waals surface area contributed by atoms with Crippen molar-refractivity contribution in [2.45, 2.75) is 18.9 Å². The second-order valence-corrected chi connectivity index (χ2v) is 4.64. The third kappa shape index (κ3) is 2.36. The second kappa shape index (κ2) is 4.78. The Bertz CT molecular complexity index is 455. The minimum atomic E-state index is -1.07. The third-order valence-corrected chi connectivity index (χ3v) is 3.38. The van der Waals surface area contributed by atoms with Crippen LogP contribution in [0.4, 0.5) is 0 Å². The van der Waals surface area contributed by atoms with Crippen molar-refractivity contribution >= 4 is 11.9 Å². The monoisotopic (exact) mass is 248 g/mol. The Morgan fingerprint density at radius 3 is 2.39 bits per heavy atom. The molecule has 5 nitrogen and oxygen atoms in total. The lowest BCUT2D eigenvalue weighted by Gasteiger charge is -2.18. The zero-order valence-electron chi connectivity index (χ0n) is 9.93. The molecule has 1 saturated carbocycles. The number of hydrogen-bond donors (Lipinski definition) is 3. The molecule has 0 aromatic heterocycles. The summed E-state index contributed by atoms with van der Waals surface area (Å²) in [7, 11) is 0. The van der Waals surface area contributed by atoms with Crippen LogP contribution in [-0.4, -0.2) is 23.5 Å². The molecule has 0 saturated heterocycles. The SMILES string of the molecule is NCC1(C(=O)N[C@H](C(=O)O)c2ccccc2)CC1. The number of carboxylic acids is 1. The van der Waals surface area contributed by atoms with E-state index >= 15 is 0 Å². The van der Waals surface area contributed by atoms with Crippen molar-refractivity contribution in [3.63, 3.8) is 0 Å². The maximum absolute atomic E-state index is 12.0. The van der Waals surface area contributed by atoms with Gasteiger partial charge < -0.3 is 16.2 Å². The van der Waals surface area contributed by atoms with Crippen molar-refractivity contribution in [1.29, 1.82) is 0 Å². The molecule has 1 aliphatic rings. The zero-order chi connectivity index (χ0) is 13.2. The molecule has 0 spiro atoms. The Kier molecular flexibility index (Phi) is 3.34. The van der Waals surface area contributed by atoms with Gasteiger partial charge in [-0.05, 0) is 18.4 Å². The smallest absolute Gasteiger partial charge is 0.330 e. The number of carboxylic acid groups (broad SMARTS) is 1. The van der Waals surface area contributed by atoms with E-state index in [-0.39, 0.29) is 12.5 Å². The predicted molar refractivity (Wildman–Crippen MR) is 65.7 cm³/mol. The number of hydrogen-bond acceptors (Lipinski definition) is 3. The molecule has 0 radical (unpaired) electrons. The van der Waals surface area contributed by atoms with Crippen LogP contribution in [0.25, 0.3) is 0 Å². The first-order chi connectivity index (χ1) is 8.59. The van der Waals surface area contributed by atoms with Gasteiger partial charge in [-0.25, -0.2) is 4.79 Å². The van der Waals surface area contributed by atoms with E-state index in [2.05, 4.69) is 5.32 Å². The Morgan fingerprint density at radius 1 is 1.33 bits per heavy atom. The van der Waals surface area contributed by atoms with Gasteiger partial charge in [-0.15, -0.1) is 0 Å². The average Bonchev–Trinajstić information content (AvgIpc) is 3.17. The number of nitrogens with one attached hydrogen (secondary N) is 1. The van der Waals surface area contributed by atoms with Gasteiger partial charge >= 0.3 is 5.97 Å². The molecule has 1 amide bonds. The summed E-state index contributed by atoms with van der Waals surface area (Å²) in [4.78, 5) is 23.2. The maximum atomic E-state index is 12.0. The van der Waals surface area contributed by atoms with E-state index in [0.717, 1.165) is 12.8 Å². The van der Waals surface area contributed by atoms with Crippen molar-refractivity contribution < 1.29 is 14.7 Å². The van der Waals surface area contributed by atoms with Crippen LogP contribution in [0.3, 0.4) is 0 Å². The minimum Gasteiger partial charge on any atom is -0.479 e. The van der Waals surface area contributed by atoms with Crippen LogP contribution >= 0.6 is 0 Å². The van der Waals surface area contributed by atoms with E-state index in [0.29, 0.717) is 5.56 Å². The molecule has 0 heterocycles. The van der Waals surface area contributed by atoms with Gasteiger partial charge in [0.05, 0.1) is 5.41 Å². The number of carbonyl (C=O) groups is 2. The van der Waals surface area contributed by atoms with Crippen LogP contribution in [0.2, 0.25) is 0 Å². The Morgan fingerprint density at radius 2 is 1.94 bits per heavy atom. The summed E-state index contributed by atoms with van der Waals surface area (Å²) in [5, 5.41) is 11.8. The van der Waals surface area contributed by atoms with Crippen LogP contribution in [0.15, 0.2) is 30.3 Å². The Balaban J connectivity index is 2.13. The van der Waals surface area contributed by atoms with Gasteiger partial charge in [0.25, 0.3) is 0 Å². The van der Waals surface area contributed by atoms with Crippen molar-refractivity contribution in [3.05, 3.63) is 35.9 Å². The van der Waals surface area contributed by atoms with Crippen molar-refractivity contribution in [1.82, 2.24) is 5.32 Å². The molecule has 1 aromatic rings. The summed E-state index contributed by atoms with van der Waals surface area (Å²) in [6, 6.07) is 7.64. The van der Waals surface area contributed by atoms with E-state index in [1.165, 1.54) is 0 Å². The molecular formula is C13H16N2O3. The fraction of sp³-hybridized carbons (Fsp3) is 0.385. The van der Waals surface area contributed by atoms with Gasteiger partial charge in [0.15, 0.2) is 6.04 Å². The summed E-state index contributed by atoms with van der Waals surface area (Å²) < 4.78 is 0. The van der Waals surface area contributed by atoms with E-state index < -0.39 is 17.4 Å². The fourth-order valence-electron chi connectivity index (χ4n) is 1.89. The van der Waals surface area contributed by atoms with Crippen molar-refractivity contribution in [2.24, 2.45) is 11.1 Å². The zero-order valence-corrected chi connectivity index (χ0v) is 9.93. The van der Waals surface area contributed by atoms with Crippen LogP contribution in [-0.2, 0) is 9.59 Å². The molecule has 96 valence electrons. The lowest BCUT2D eigenvalue weighted by Crippen LogP contribution is -2.41. The highest BCUT2D eigenvalue weighted by Gasteiger charge is 2.49. The molecule has 0 bridgehead atoms. The minimum absolute atomic E-state index is 0.263. The quantitative estimate of drug-likeness (QED) is 0.714. The van der Waals surface area contributed by atoms with E-state index in [9.17, 15) is 14.7 Å².